The molecule has 1 aliphatic heterocycles. The van der Waals surface area contributed by atoms with Gasteiger partial charge in [0.05, 0.1) is 12.9 Å². The predicted octanol–water partition coefficient (Wildman–Crippen LogP) is 0.308. The summed E-state index contributed by atoms with van der Waals surface area (Å²) in [5, 5.41) is 0. The number of carbonyl (C=O) groups excluding carboxylic acids is 1. The number of Topliss-reactive ketones (excluding diaryl/α,β-unsaturated/α-hetero) is 1. The van der Waals surface area contributed by atoms with Crippen LogP contribution in [-0.4, -0.2) is 39.9 Å². The molecule has 2 heterocycles. The molecule has 0 N–H and O–H groups in total. The lowest BCUT2D eigenvalue weighted by Gasteiger charge is -2.29. The Bertz CT molecular complexity index is 314. The molecule has 0 amide bonds. The second kappa shape index (κ2) is 3.30. The van der Waals surface area contributed by atoms with E-state index < -0.39 is 0 Å². The first-order valence-corrected chi connectivity index (χ1v) is 4.49. The standard InChI is InChI=1S/C9H13N3O/c1-11-5-8(10-7-11)9(13)6-12-3-2-4-12/h5,7H,2-4,6H2,1H3. The van der Waals surface area contributed by atoms with E-state index in [1.807, 2.05) is 7.05 Å². The topological polar surface area (TPSA) is 38.1 Å². The Labute approximate surface area is 77.2 Å². The Morgan fingerprint density at radius 1 is 1.62 bits per heavy atom. The highest BCUT2D eigenvalue weighted by Crippen LogP contribution is 2.07. The second-order valence-electron chi connectivity index (χ2n) is 3.48. The van der Waals surface area contributed by atoms with E-state index in [1.165, 1.54) is 6.42 Å². The van der Waals surface area contributed by atoms with Gasteiger partial charge in [-0.25, -0.2) is 4.98 Å². The normalized spacial score (nSPS) is 17.0. The van der Waals surface area contributed by atoms with Gasteiger partial charge in [-0.05, 0) is 19.5 Å². The molecule has 0 spiro atoms. The maximum absolute atomic E-state index is 11.5. The van der Waals surface area contributed by atoms with E-state index in [0.29, 0.717) is 12.2 Å². The molecule has 1 saturated heterocycles. The van der Waals surface area contributed by atoms with Crippen molar-refractivity contribution in [3.05, 3.63) is 18.2 Å². The van der Waals surface area contributed by atoms with Crippen LogP contribution in [0.3, 0.4) is 0 Å². The molecule has 4 nitrogen and oxygen atoms in total. The molecule has 1 aliphatic rings. The van der Waals surface area contributed by atoms with E-state index in [-0.39, 0.29) is 5.78 Å². The van der Waals surface area contributed by atoms with Crippen LogP contribution in [0.1, 0.15) is 16.9 Å². The van der Waals surface area contributed by atoms with Crippen molar-refractivity contribution in [1.82, 2.24) is 14.5 Å². The van der Waals surface area contributed by atoms with E-state index >= 15 is 0 Å². The summed E-state index contributed by atoms with van der Waals surface area (Å²) in [4.78, 5) is 17.7. The summed E-state index contributed by atoms with van der Waals surface area (Å²) in [6.45, 7) is 2.63. The number of rotatable bonds is 3. The Balaban J connectivity index is 1.96. The van der Waals surface area contributed by atoms with E-state index in [4.69, 9.17) is 0 Å². The molecule has 70 valence electrons. The van der Waals surface area contributed by atoms with Gasteiger partial charge in [0.25, 0.3) is 0 Å². The minimum absolute atomic E-state index is 0.125. The number of aromatic nitrogens is 2. The molecule has 1 fully saturated rings. The van der Waals surface area contributed by atoms with Gasteiger partial charge in [0.1, 0.15) is 5.69 Å². The molecule has 13 heavy (non-hydrogen) atoms. The molecule has 1 aromatic heterocycles. The maximum atomic E-state index is 11.5. The van der Waals surface area contributed by atoms with E-state index in [0.717, 1.165) is 13.1 Å². The number of ketones is 1. The molecular formula is C9H13N3O. The highest BCUT2D eigenvalue weighted by molar-refractivity contribution is 5.95. The van der Waals surface area contributed by atoms with Gasteiger partial charge < -0.3 is 4.57 Å². The fourth-order valence-corrected chi connectivity index (χ4v) is 1.38. The van der Waals surface area contributed by atoms with Crippen LogP contribution in [-0.2, 0) is 7.05 Å². The molecule has 2 rings (SSSR count). The third-order valence-corrected chi connectivity index (χ3v) is 2.31. The van der Waals surface area contributed by atoms with Crippen molar-refractivity contribution >= 4 is 5.78 Å². The summed E-state index contributed by atoms with van der Waals surface area (Å²) in [6.07, 6.45) is 4.64. The fraction of sp³-hybridized carbons (Fsp3) is 0.556. The van der Waals surface area contributed by atoms with Crippen LogP contribution in [0.4, 0.5) is 0 Å². The summed E-state index contributed by atoms with van der Waals surface area (Å²) in [7, 11) is 1.87. The number of aryl methyl sites for hydroxylation is 1. The first-order valence-electron chi connectivity index (χ1n) is 4.49. The van der Waals surface area contributed by atoms with Crippen molar-refractivity contribution in [3.8, 4) is 0 Å². The average Bonchev–Trinajstić information content (AvgIpc) is 2.44. The first kappa shape index (κ1) is 8.44. The van der Waals surface area contributed by atoms with Gasteiger partial charge in [-0.2, -0.15) is 0 Å². The van der Waals surface area contributed by atoms with Gasteiger partial charge in [-0.3, -0.25) is 9.69 Å². The summed E-state index contributed by atoms with van der Waals surface area (Å²) >= 11 is 0. The SMILES string of the molecule is Cn1cnc(C(=O)CN2CCC2)c1. The summed E-state index contributed by atoms with van der Waals surface area (Å²) in [5.74, 6) is 0.125. The molecule has 0 radical (unpaired) electrons. The van der Waals surface area contributed by atoms with Crippen molar-refractivity contribution in [2.45, 2.75) is 6.42 Å². The van der Waals surface area contributed by atoms with Gasteiger partial charge in [0, 0.05) is 13.2 Å². The van der Waals surface area contributed by atoms with Gasteiger partial charge in [-0.15, -0.1) is 0 Å². The van der Waals surface area contributed by atoms with Crippen LogP contribution in [0.25, 0.3) is 0 Å². The monoisotopic (exact) mass is 179 g/mol. The highest BCUT2D eigenvalue weighted by atomic mass is 16.1. The molecule has 0 atom stereocenters. The smallest absolute Gasteiger partial charge is 0.196 e. The number of hydrogen-bond acceptors (Lipinski definition) is 3. The average molecular weight is 179 g/mol. The lowest BCUT2D eigenvalue weighted by atomic mass is 10.2. The van der Waals surface area contributed by atoms with E-state index in [9.17, 15) is 4.79 Å². The Morgan fingerprint density at radius 3 is 2.85 bits per heavy atom. The number of likely N-dealkylation sites (tertiary alicyclic amines) is 1. The number of nitrogens with zero attached hydrogens (tertiary/aromatic N) is 3. The van der Waals surface area contributed by atoms with E-state index in [2.05, 4.69) is 9.88 Å². The fourth-order valence-electron chi connectivity index (χ4n) is 1.38. The summed E-state index contributed by atoms with van der Waals surface area (Å²) in [6, 6.07) is 0. The predicted molar refractivity (Wildman–Crippen MR) is 48.6 cm³/mol. The lowest BCUT2D eigenvalue weighted by molar-refractivity contribution is 0.0870. The Kier molecular flexibility index (Phi) is 2.14. The molecule has 0 aromatic carbocycles. The third-order valence-electron chi connectivity index (χ3n) is 2.31. The van der Waals surface area contributed by atoms with Crippen molar-refractivity contribution in [2.75, 3.05) is 19.6 Å². The molecule has 0 bridgehead atoms. The Morgan fingerprint density at radius 2 is 2.38 bits per heavy atom. The van der Waals surface area contributed by atoms with Gasteiger partial charge >= 0.3 is 0 Å². The maximum Gasteiger partial charge on any atom is 0.196 e. The summed E-state index contributed by atoms with van der Waals surface area (Å²) in [5.41, 5.74) is 0.578. The quantitative estimate of drug-likeness (QED) is 0.627. The van der Waals surface area contributed by atoms with Crippen LogP contribution in [0.15, 0.2) is 12.5 Å². The number of carbonyl (C=O) groups is 1. The molecule has 0 aliphatic carbocycles. The van der Waals surface area contributed by atoms with Gasteiger partial charge in [0.15, 0.2) is 5.78 Å². The zero-order valence-corrected chi connectivity index (χ0v) is 7.73. The van der Waals surface area contributed by atoms with Gasteiger partial charge in [0.2, 0.25) is 0 Å². The lowest BCUT2D eigenvalue weighted by Crippen LogP contribution is -2.40. The number of imidazole rings is 1. The second-order valence-corrected chi connectivity index (χ2v) is 3.48. The van der Waals surface area contributed by atoms with Crippen molar-refractivity contribution in [2.24, 2.45) is 7.05 Å². The van der Waals surface area contributed by atoms with E-state index in [1.54, 1.807) is 17.1 Å². The number of hydrogen-bond donors (Lipinski definition) is 0. The van der Waals surface area contributed by atoms with Crippen LogP contribution in [0.2, 0.25) is 0 Å². The third kappa shape index (κ3) is 1.78. The first-order chi connectivity index (χ1) is 6.25. The minimum Gasteiger partial charge on any atom is -0.340 e. The minimum atomic E-state index is 0.125. The van der Waals surface area contributed by atoms with Crippen molar-refractivity contribution in [3.63, 3.8) is 0 Å². The largest absolute Gasteiger partial charge is 0.340 e. The molecule has 1 aromatic rings. The van der Waals surface area contributed by atoms with Crippen molar-refractivity contribution < 1.29 is 4.79 Å². The van der Waals surface area contributed by atoms with Crippen LogP contribution in [0, 0.1) is 0 Å². The molecular weight excluding hydrogens is 166 g/mol. The molecule has 0 saturated carbocycles. The highest BCUT2D eigenvalue weighted by Gasteiger charge is 2.18. The zero-order chi connectivity index (χ0) is 9.26. The van der Waals surface area contributed by atoms with Crippen LogP contribution in [0.5, 0.6) is 0 Å². The Hall–Kier alpha value is -1.16. The van der Waals surface area contributed by atoms with Crippen molar-refractivity contribution in [1.29, 1.82) is 0 Å². The molecule has 4 heteroatoms. The van der Waals surface area contributed by atoms with Gasteiger partial charge in [-0.1, -0.05) is 0 Å². The summed E-state index contributed by atoms with van der Waals surface area (Å²) < 4.78 is 1.79. The van der Waals surface area contributed by atoms with Crippen LogP contribution < -0.4 is 0 Å². The van der Waals surface area contributed by atoms with Crippen LogP contribution >= 0.6 is 0 Å². The zero-order valence-electron chi connectivity index (χ0n) is 7.73. The molecule has 0 unspecified atom stereocenters.